The molecule has 0 aliphatic rings. The number of rotatable bonds is 4. The van der Waals surface area contributed by atoms with Crippen molar-refractivity contribution in [3.05, 3.63) is 57.0 Å². The van der Waals surface area contributed by atoms with Crippen LogP contribution >= 0.6 is 27.5 Å². The molecule has 104 valence electrons. The average Bonchev–Trinajstić information content (AvgIpc) is 2.41. The molecule has 0 heterocycles. The zero-order chi connectivity index (χ0) is 14.7. The minimum Gasteiger partial charge on any atom is -0.506 e. The fourth-order valence-corrected chi connectivity index (χ4v) is 2.30. The lowest BCUT2D eigenvalue weighted by molar-refractivity contribution is 0.0697. The number of para-hydroxylation sites is 1. The Morgan fingerprint density at radius 2 is 2.05 bits per heavy atom. The molecule has 3 N–H and O–H groups in total. The van der Waals surface area contributed by atoms with Crippen molar-refractivity contribution in [2.75, 3.05) is 5.32 Å². The molecule has 0 saturated carbocycles. The number of hydrogen-bond acceptors (Lipinski definition) is 3. The minimum atomic E-state index is -1.08. The zero-order valence-electron chi connectivity index (χ0n) is 10.2. The largest absolute Gasteiger partial charge is 0.506 e. The van der Waals surface area contributed by atoms with Crippen molar-refractivity contribution in [1.29, 1.82) is 0 Å². The molecule has 0 aliphatic heterocycles. The SMILES string of the molecule is O=C(O)c1cc(NCc2cccc(Br)c2O)ccc1Cl. The van der Waals surface area contributed by atoms with Crippen LogP contribution in [0.2, 0.25) is 5.02 Å². The number of carboxylic acid groups (broad SMARTS) is 1. The van der Waals surface area contributed by atoms with Gasteiger partial charge in [0.1, 0.15) is 5.75 Å². The van der Waals surface area contributed by atoms with Gasteiger partial charge in [-0.05, 0) is 40.2 Å². The van der Waals surface area contributed by atoms with Gasteiger partial charge in [0.05, 0.1) is 15.1 Å². The lowest BCUT2D eigenvalue weighted by atomic mass is 10.1. The molecule has 6 heteroatoms. The van der Waals surface area contributed by atoms with Gasteiger partial charge in [-0.2, -0.15) is 0 Å². The number of carboxylic acids is 1. The molecule has 0 saturated heterocycles. The molecule has 4 nitrogen and oxygen atoms in total. The summed E-state index contributed by atoms with van der Waals surface area (Å²) >= 11 is 9.04. The summed E-state index contributed by atoms with van der Waals surface area (Å²) in [5.74, 6) is -0.920. The van der Waals surface area contributed by atoms with Crippen LogP contribution in [0, 0.1) is 0 Å². The zero-order valence-corrected chi connectivity index (χ0v) is 12.6. The molecule has 0 aliphatic carbocycles. The van der Waals surface area contributed by atoms with E-state index < -0.39 is 5.97 Å². The maximum absolute atomic E-state index is 11.0. The molecule has 2 aromatic rings. The Hall–Kier alpha value is -1.72. The highest BCUT2D eigenvalue weighted by molar-refractivity contribution is 9.10. The summed E-state index contributed by atoms with van der Waals surface area (Å²) in [6.07, 6.45) is 0. The molecule has 2 rings (SSSR count). The van der Waals surface area contributed by atoms with Gasteiger partial charge in [0.15, 0.2) is 0 Å². The molecule has 0 unspecified atom stereocenters. The van der Waals surface area contributed by atoms with Crippen LogP contribution < -0.4 is 5.32 Å². The van der Waals surface area contributed by atoms with Gasteiger partial charge in [-0.3, -0.25) is 0 Å². The molecular weight excluding hydrogens is 346 g/mol. The normalized spacial score (nSPS) is 10.3. The predicted molar refractivity (Wildman–Crippen MR) is 81.5 cm³/mol. The smallest absolute Gasteiger partial charge is 0.337 e. The maximum atomic E-state index is 11.0. The molecule has 0 atom stereocenters. The lowest BCUT2D eigenvalue weighted by Crippen LogP contribution is -2.03. The van der Waals surface area contributed by atoms with Crippen molar-refractivity contribution in [2.45, 2.75) is 6.54 Å². The van der Waals surface area contributed by atoms with Crippen LogP contribution in [-0.4, -0.2) is 16.2 Å². The average molecular weight is 357 g/mol. The molecule has 0 aromatic heterocycles. The third-order valence-electron chi connectivity index (χ3n) is 2.75. The van der Waals surface area contributed by atoms with Crippen LogP contribution in [0.5, 0.6) is 5.75 Å². The van der Waals surface area contributed by atoms with Crippen molar-refractivity contribution >= 4 is 39.2 Å². The Balaban J connectivity index is 2.17. The van der Waals surface area contributed by atoms with Crippen LogP contribution in [0.3, 0.4) is 0 Å². The van der Waals surface area contributed by atoms with Gasteiger partial charge in [-0.15, -0.1) is 0 Å². The quantitative estimate of drug-likeness (QED) is 0.771. The summed E-state index contributed by atoms with van der Waals surface area (Å²) in [5.41, 5.74) is 1.35. The summed E-state index contributed by atoms with van der Waals surface area (Å²) in [6.45, 7) is 0.367. The van der Waals surface area contributed by atoms with Crippen molar-refractivity contribution in [2.24, 2.45) is 0 Å². The monoisotopic (exact) mass is 355 g/mol. The van der Waals surface area contributed by atoms with Gasteiger partial charge < -0.3 is 15.5 Å². The Bertz CT molecular complexity index is 661. The molecule has 0 radical (unpaired) electrons. The van der Waals surface area contributed by atoms with Gasteiger partial charge in [-0.1, -0.05) is 23.7 Å². The minimum absolute atomic E-state index is 0.0372. The number of aromatic hydroxyl groups is 1. The van der Waals surface area contributed by atoms with Crippen LogP contribution in [0.25, 0.3) is 0 Å². The van der Waals surface area contributed by atoms with Crippen molar-refractivity contribution < 1.29 is 15.0 Å². The van der Waals surface area contributed by atoms with Crippen LogP contribution in [-0.2, 0) is 6.54 Å². The fourth-order valence-electron chi connectivity index (χ4n) is 1.70. The highest BCUT2D eigenvalue weighted by Gasteiger charge is 2.10. The van der Waals surface area contributed by atoms with Crippen molar-refractivity contribution in [3.63, 3.8) is 0 Å². The Morgan fingerprint density at radius 1 is 1.30 bits per heavy atom. The lowest BCUT2D eigenvalue weighted by Gasteiger charge is -2.10. The van der Waals surface area contributed by atoms with Crippen molar-refractivity contribution in [3.8, 4) is 5.75 Å². The Labute approximate surface area is 129 Å². The molecule has 20 heavy (non-hydrogen) atoms. The predicted octanol–water partition coefficient (Wildman–Crippen LogP) is 4.12. The molecule has 0 spiro atoms. The van der Waals surface area contributed by atoms with E-state index >= 15 is 0 Å². The van der Waals surface area contributed by atoms with Gasteiger partial charge in [-0.25, -0.2) is 4.79 Å². The summed E-state index contributed by atoms with van der Waals surface area (Å²) in [6, 6.07) is 9.99. The number of phenolic OH excluding ortho intramolecular Hbond substituents is 1. The van der Waals surface area contributed by atoms with Crippen LogP contribution in [0.4, 0.5) is 5.69 Å². The van der Waals surface area contributed by atoms with Gasteiger partial charge in [0.2, 0.25) is 0 Å². The van der Waals surface area contributed by atoms with Crippen molar-refractivity contribution in [1.82, 2.24) is 0 Å². The number of aromatic carboxylic acids is 1. The highest BCUT2D eigenvalue weighted by Crippen LogP contribution is 2.28. The molecule has 0 amide bonds. The second-order valence-corrected chi connectivity index (χ2v) is 5.36. The summed E-state index contributed by atoms with van der Waals surface area (Å²) in [5, 5.41) is 22.1. The third-order valence-corrected chi connectivity index (χ3v) is 3.72. The fraction of sp³-hybridized carbons (Fsp3) is 0.0714. The standard InChI is InChI=1S/C14H11BrClNO3/c15-11-3-1-2-8(13(11)18)7-17-9-4-5-12(16)10(6-9)14(19)20/h1-6,17-18H,7H2,(H,19,20). The Morgan fingerprint density at radius 3 is 2.75 bits per heavy atom. The van der Waals surface area contributed by atoms with Gasteiger partial charge in [0, 0.05) is 17.8 Å². The summed E-state index contributed by atoms with van der Waals surface area (Å²) in [7, 11) is 0. The number of benzene rings is 2. The first kappa shape index (κ1) is 14.7. The van der Waals surface area contributed by atoms with E-state index in [0.29, 0.717) is 22.3 Å². The van der Waals surface area contributed by atoms with Crippen LogP contribution in [0.15, 0.2) is 40.9 Å². The first-order valence-electron chi connectivity index (χ1n) is 5.72. The van der Waals surface area contributed by atoms with Gasteiger partial charge in [0.25, 0.3) is 0 Å². The second-order valence-electron chi connectivity index (χ2n) is 4.10. The van der Waals surface area contributed by atoms with Gasteiger partial charge >= 0.3 is 5.97 Å². The molecule has 0 bridgehead atoms. The number of halogens is 2. The second kappa shape index (κ2) is 6.15. The first-order chi connectivity index (χ1) is 9.49. The van der Waals surface area contributed by atoms with E-state index in [1.165, 1.54) is 12.1 Å². The summed E-state index contributed by atoms with van der Waals surface area (Å²) < 4.78 is 0.610. The van der Waals surface area contributed by atoms with E-state index in [9.17, 15) is 9.90 Å². The number of carbonyl (C=O) groups is 1. The molecular formula is C14H11BrClNO3. The number of nitrogens with one attached hydrogen (secondary N) is 1. The van der Waals surface area contributed by atoms with E-state index in [-0.39, 0.29) is 16.3 Å². The number of hydrogen-bond donors (Lipinski definition) is 3. The van der Waals surface area contributed by atoms with E-state index in [1.54, 1.807) is 18.2 Å². The van der Waals surface area contributed by atoms with E-state index in [1.807, 2.05) is 6.07 Å². The first-order valence-corrected chi connectivity index (χ1v) is 6.89. The van der Waals surface area contributed by atoms with E-state index in [2.05, 4.69) is 21.2 Å². The number of anilines is 1. The van der Waals surface area contributed by atoms with E-state index in [0.717, 1.165) is 0 Å². The summed E-state index contributed by atoms with van der Waals surface area (Å²) in [4.78, 5) is 11.0. The highest BCUT2D eigenvalue weighted by atomic mass is 79.9. The van der Waals surface area contributed by atoms with E-state index in [4.69, 9.17) is 16.7 Å². The van der Waals surface area contributed by atoms with Crippen LogP contribution in [0.1, 0.15) is 15.9 Å². The third kappa shape index (κ3) is 3.23. The number of phenols is 1. The topological polar surface area (TPSA) is 69.6 Å². The molecule has 0 fully saturated rings. The Kier molecular flexibility index (Phi) is 4.52. The molecule has 2 aromatic carbocycles. The maximum Gasteiger partial charge on any atom is 0.337 e.